The smallest absolute Gasteiger partial charge is 0.225 e. The first-order chi connectivity index (χ1) is 9.56. The standard InChI is InChI=1S/C16H28N4/c1-12(2)7-17-8-14-9-18-16(19-10-14)20-6-5-15(11-20)13(3)4/h9-10,12-13,15,17H,5-8,11H2,1-4H3. The monoisotopic (exact) mass is 276 g/mol. The molecule has 1 fully saturated rings. The van der Waals surface area contributed by atoms with E-state index in [0.29, 0.717) is 5.92 Å². The molecule has 0 saturated carbocycles. The molecule has 0 spiro atoms. The van der Waals surface area contributed by atoms with Crippen LogP contribution in [0.15, 0.2) is 12.4 Å². The van der Waals surface area contributed by atoms with E-state index in [1.54, 1.807) is 0 Å². The Morgan fingerprint density at radius 3 is 2.50 bits per heavy atom. The SMILES string of the molecule is CC(C)CNCc1cnc(N2CCC(C(C)C)C2)nc1. The van der Waals surface area contributed by atoms with Crippen LogP contribution in [0.25, 0.3) is 0 Å². The van der Waals surface area contributed by atoms with E-state index in [-0.39, 0.29) is 0 Å². The highest BCUT2D eigenvalue weighted by Crippen LogP contribution is 2.25. The summed E-state index contributed by atoms with van der Waals surface area (Å²) in [5, 5.41) is 3.42. The maximum atomic E-state index is 4.53. The quantitative estimate of drug-likeness (QED) is 0.867. The lowest BCUT2D eigenvalue weighted by Crippen LogP contribution is -2.24. The van der Waals surface area contributed by atoms with Crippen LogP contribution in [0, 0.1) is 17.8 Å². The van der Waals surface area contributed by atoms with E-state index in [1.165, 1.54) is 6.42 Å². The first-order valence-electron chi connectivity index (χ1n) is 7.83. The third-order valence-electron chi connectivity index (χ3n) is 4.02. The number of hydrogen-bond acceptors (Lipinski definition) is 4. The summed E-state index contributed by atoms with van der Waals surface area (Å²) in [5.74, 6) is 3.10. The average molecular weight is 276 g/mol. The molecule has 1 aliphatic heterocycles. The molecule has 20 heavy (non-hydrogen) atoms. The largest absolute Gasteiger partial charge is 0.341 e. The summed E-state index contributed by atoms with van der Waals surface area (Å²) in [6.07, 6.45) is 5.18. The fourth-order valence-corrected chi connectivity index (χ4v) is 2.62. The molecule has 0 amide bonds. The van der Waals surface area contributed by atoms with Gasteiger partial charge in [-0.1, -0.05) is 27.7 Å². The topological polar surface area (TPSA) is 41.1 Å². The Morgan fingerprint density at radius 2 is 1.95 bits per heavy atom. The fraction of sp³-hybridized carbons (Fsp3) is 0.750. The highest BCUT2D eigenvalue weighted by molar-refractivity contribution is 5.31. The second-order valence-corrected chi connectivity index (χ2v) is 6.65. The highest BCUT2D eigenvalue weighted by Gasteiger charge is 2.26. The molecule has 112 valence electrons. The van der Waals surface area contributed by atoms with Crippen molar-refractivity contribution in [3.8, 4) is 0 Å². The number of anilines is 1. The number of nitrogens with one attached hydrogen (secondary N) is 1. The Bertz CT molecular complexity index is 399. The summed E-state index contributed by atoms with van der Waals surface area (Å²) in [6.45, 7) is 13.1. The van der Waals surface area contributed by atoms with Crippen LogP contribution in [0.4, 0.5) is 5.95 Å². The molecule has 1 aliphatic rings. The van der Waals surface area contributed by atoms with E-state index in [1.807, 2.05) is 12.4 Å². The van der Waals surface area contributed by atoms with Crippen molar-refractivity contribution < 1.29 is 0 Å². The summed E-state index contributed by atoms with van der Waals surface area (Å²) in [4.78, 5) is 11.4. The summed E-state index contributed by atoms with van der Waals surface area (Å²) in [6, 6.07) is 0. The summed E-state index contributed by atoms with van der Waals surface area (Å²) in [5.41, 5.74) is 1.16. The molecule has 1 unspecified atom stereocenters. The van der Waals surface area contributed by atoms with E-state index >= 15 is 0 Å². The van der Waals surface area contributed by atoms with Gasteiger partial charge in [-0.05, 0) is 30.7 Å². The molecule has 0 radical (unpaired) electrons. The van der Waals surface area contributed by atoms with Gasteiger partial charge in [-0.3, -0.25) is 0 Å². The minimum absolute atomic E-state index is 0.674. The molecule has 1 saturated heterocycles. The van der Waals surface area contributed by atoms with Crippen LogP contribution in [-0.4, -0.2) is 29.6 Å². The van der Waals surface area contributed by atoms with Crippen molar-refractivity contribution in [3.05, 3.63) is 18.0 Å². The van der Waals surface area contributed by atoms with E-state index in [0.717, 1.165) is 49.5 Å². The van der Waals surface area contributed by atoms with Crippen molar-refractivity contribution in [3.63, 3.8) is 0 Å². The van der Waals surface area contributed by atoms with Gasteiger partial charge in [0.05, 0.1) is 0 Å². The number of rotatable bonds is 6. The van der Waals surface area contributed by atoms with Gasteiger partial charge in [0.1, 0.15) is 0 Å². The predicted molar refractivity (Wildman–Crippen MR) is 83.7 cm³/mol. The molecule has 4 nitrogen and oxygen atoms in total. The van der Waals surface area contributed by atoms with E-state index < -0.39 is 0 Å². The van der Waals surface area contributed by atoms with Crippen LogP contribution < -0.4 is 10.2 Å². The molecule has 1 aromatic rings. The van der Waals surface area contributed by atoms with Crippen LogP contribution in [0.3, 0.4) is 0 Å². The summed E-state index contributed by atoms with van der Waals surface area (Å²) in [7, 11) is 0. The predicted octanol–water partition coefficient (Wildman–Crippen LogP) is 2.70. The molecule has 0 aromatic carbocycles. The average Bonchev–Trinajstić information content (AvgIpc) is 2.89. The van der Waals surface area contributed by atoms with Gasteiger partial charge in [-0.2, -0.15) is 0 Å². The van der Waals surface area contributed by atoms with Crippen LogP contribution in [0.1, 0.15) is 39.7 Å². The fourth-order valence-electron chi connectivity index (χ4n) is 2.62. The third kappa shape index (κ3) is 4.17. The molecule has 0 aliphatic carbocycles. The Kier molecular flexibility index (Phi) is 5.35. The first-order valence-corrected chi connectivity index (χ1v) is 7.83. The van der Waals surface area contributed by atoms with Crippen molar-refractivity contribution in [2.75, 3.05) is 24.5 Å². The van der Waals surface area contributed by atoms with E-state index in [9.17, 15) is 0 Å². The van der Waals surface area contributed by atoms with Gasteiger partial charge in [-0.15, -0.1) is 0 Å². The van der Waals surface area contributed by atoms with Crippen LogP contribution >= 0.6 is 0 Å². The lowest BCUT2D eigenvalue weighted by molar-refractivity contribution is 0.422. The summed E-state index contributed by atoms with van der Waals surface area (Å²) < 4.78 is 0. The molecule has 2 rings (SSSR count). The molecule has 0 bridgehead atoms. The maximum Gasteiger partial charge on any atom is 0.225 e. The Labute approximate surface area is 123 Å². The molecule has 1 N–H and O–H groups in total. The maximum absolute atomic E-state index is 4.53. The highest BCUT2D eigenvalue weighted by atomic mass is 15.3. The number of aromatic nitrogens is 2. The third-order valence-corrected chi connectivity index (χ3v) is 4.02. The minimum Gasteiger partial charge on any atom is -0.341 e. The molecule has 1 atom stereocenters. The van der Waals surface area contributed by atoms with Crippen LogP contribution in [0.5, 0.6) is 0 Å². The normalized spacial score (nSPS) is 19.3. The second kappa shape index (κ2) is 7.02. The van der Waals surface area contributed by atoms with Crippen molar-refractivity contribution in [1.82, 2.24) is 15.3 Å². The number of nitrogens with zero attached hydrogens (tertiary/aromatic N) is 3. The van der Waals surface area contributed by atoms with Crippen molar-refractivity contribution in [2.45, 2.75) is 40.7 Å². The van der Waals surface area contributed by atoms with Crippen molar-refractivity contribution in [2.24, 2.45) is 17.8 Å². The van der Waals surface area contributed by atoms with Gasteiger partial charge in [0.15, 0.2) is 0 Å². The van der Waals surface area contributed by atoms with Gasteiger partial charge in [-0.25, -0.2) is 9.97 Å². The molecular weight excluding hydrogens is 248 g/mol. The zero-order valence-corrected chi connectivity index (χ0v) is 13.3. The Hall–Kier alpha value is -1.16. The van der Waals surface area contributed by atoms with E-state index in [4.69, 9.17) is 0 Å². The summed E-state index contributed by atoms with van der Waals surface area (Å²) >= 11 is 0. The van der Waals surface area contributed by atoms with Gasteiger partial charge in [0.25, 0.3) is 0 Å². The molecule has 2 heterocycles. The minimum atomic E-state index is 0.674. The molecule has 1 aromatic heterocycles. The Balaban J connectivity index is 1.85. The van der Waals surface area contributed by atoms with Crippen LogP contribution in [0.2, 0.25) is 0 Å². The van der Waals surface area contributed by atoms with Crippen molar-refractivity contribution >= 4 is 5.95 Å². The molecule has 4 heteroatoms. The number of hydrogen-bond donors (Lipinski definition) is 1. The van der Waals surface area contributed by atoms with Crippen molar-refractivity contribution in [1.29, 1.82) is 0 Å². The zero-order valence-electron chi connectivity index (χ0n) is 13.3. The van der Waals surface area contributed by atoms with Gasteiger partial charge in [0, 0.05) is 37.6 Å². The molecular formula is C16H28N4. The second-order valence-electron chi connectivity index (χ2n) is 6.65. The lowest BCUT2D eigenvalue weighted by atomic mass is 9.95. The lowest BCUT2D eigenvalue weighted by Gasteiger charge is -2.18. The first kappa shape index (κ1) is 15.2. The Morgan fingerprint density at radius 1 is 1.25 bits per heavy atom. The van der Waals surface area contributed by atoms with Crippen LogP contribution in [-0.2, 0) is 6.54 Å². The van der Waals surface area contributed by atoms with Gasteiger partial charge < -0.3 is 10.2 Å². The van der Waals surface area contributed by atoms with E-state index in [2.05, 4.69) is 47.9 Å². The zero-order chi connectivity index (χ0) is 14.5. The van der Waals surface area contributed by atoms with Gasteiger partial charge in [0.2, 0.25) is 5.95 Å². The van der Waals surface area contributed by atoms with Gasteiger partial charge >= 0.3 is 0 Å².